The molecular formula is C12H11F2N3O3. The van der Waals surface area contributed by atoms with Gasteiger partial charge in [0.25, 0.3) is 5.91 Å². The Morgan fingerprint density at radius 3 is 2.85 bits per heavy atom. The van der Waals surface area contributed by atoms with E-state index in [-0.39, 0.29) is 24.5 Å². The molecule has 0 unspecified atom stereocenters. The lowest BCUT2D eigenvalue weighted by Crippen LogP contribution is -2.53. The molecule has 0 aromatic heterocycles. The van der Waals surface area contributed by atoms with E-state index < -0.39 is 23.5 Å². The molecule has 0 fully saturated rings. The zero-order chi connectivity index (χ0) is 14.7. The first-order valence-electron chi connectivity index (χ1n) is 5.65. The number of methoxy groups -OCH3 is 1. The summed E-state index contributed by atoms with van der Waals surface area (Å²) in [6.07, 6.45) is 0. The van der Waals surface area contributed by atoms with Crippen LogP contribution in [0.2, 0.25) is 0 Å². The van der Waals surface area contributed by atoms with E-state index in [0.717, 1.165) is 17.1 Å². The molecule has 2 rings (SSSR count). The van der Waals surface area contributed by atoms with Crippen molar-refractivity contribution in [2.45, 2.75) is 0 Å². The number of amides is 1. The van der Waals surface area contributed by atoms with Gasteiger partial charge in [-0.15, -0.1) is 0 Å². The van der Waals surface area contributed by atoms with Crippen LogP contribution in [0.4, 0.5) is 8.78 Å². The second-order valence-corrected chi connectivity index (χ2v) is 3.96. The highest BCUT2D eigenvalue weighted by Crippen LogP contribution is 2.11. The number of carbonyl (C=O) groups is 2. The third kappa shape index (κ3) is 2.90. The Bertz CT molecular complexity index is 589. The quantitative estimate of drug-likeness (QED) is 0.806. The average molecular weight is 283 g/mol. The van der Waals surface area contributed by atoms with Gasteiger partial charge in [0.05, 0.1) is 7.11 Å². The zero-order valence-corrected chi connectivity index (χ0v) is 10.5. The van der Waals surface area contributed by atoms with Gasteiger partial charge >= 0.3 is 5.97 Å². The van der Waals surface area contributed by atoms with Crippen molar-refractivity contribution in [3.63, 3.8) is 0 Å². The number of hydrogen-bond acceptors (Lipinski definition) is 5. The van der Waals surface area contributed by atoms with Crippen molar-refractivity contribution in [3.8, 4) is 0 Å². The summed E-state index contributed by atoms with van der Waals surface area (Å²) in [5.74, 6) is -2.87. The van der Waals surface area contributed by atoms with E-state index >= 15 is 0 Å². The summed E-state index contributed by atoms with van der Waals surface area (Å²) >= 11 is 0. The Labute approximate surface area is 113 Å². The summed E-state index contributed by atoms with van der Waals surface area (Å²) in [7, 11) is 1.20. The number of rotatable bonds is 3. The second-order valence-electron chi connectivity index (χ2n) is 3.96. The van der Waals surface area contributed by atoms with E-state index in [1.807, 2.05) is 0 Å². The largest absolute Gasteiger partial charge is 0.468 e. The SMILES string of the molecule is COC(=O)CN1NC(c2ccc(F)c(F)c2)=NCC1=O. The van der Waals surface area contributed by atoms with Crippen molar-refractivity contribution < 1.29 is 23.1 Å². The van der Waals surface area contributed by atoms with E-state index in [1.54, 1.807) is 0 Å². The van der Waals surface area contributed by atoms with Crippen LogP contribution in [-0.4, -0.2) is 42.9 Å². The van der Waals surface area contributed by atoms with Gasteiger partial charge in [0, 0.05) is 5.56 Å². The lowest BCUT2D eigenvalue weighted by atomic mass is 10.2. The molecule has 0 bridgehead atoms. The molecule has 1 aliphatic heterocycles. The predicted octanol–water partition coefficient (Wildman–Crippen LogP) is 0.231. The number of ether oxygens (including phenoxy) is 1. The molecular weight excluding hydrogens is 272 g/mol. The third-order valence-corrected chi connectivity index (χ3v) is 2.62. The van der Waals surface area contributed by atoms with Gasteiger partial charge in [0.1, 0.15) is 18.9 Å². The third-order valence-electron chi connectivity index (χ3n) is 2.62. The van der Waals surface area contributed by atoms with Crippen LogP contribution < -0.4 is 5.43 Å². The maximum atomic E-state index is 13.2. The number of hydrazine groups is 1. The van der Waals surface area contributed by atoms with Crippen LogP contribution in [0.1, 0.15) is 5.56 Å². The number of halogens is 2. The molecule has 1 heterocycles. The predicted molar refractivity (Wildman–Crippen MR) is 64.6 cm³/mol. The molecule has 0 radical (unpaired) electrons. The zero-order valence-electron chi connectivity index (χ0n) is 10.5. The van der Waals surface area contributed by atoms with Crippen LogP contribution in [0.3, 0.4) is 0 Å². The highest BCUT2D eigenvalue weighted by Gasteiger charge is 2.23. The molecule has 1 amide bonds. The van der Waals surface area contributed by atoms with E-state index in [1.165, 1.54) is 13.2 Å². The van der Waals surface area contributed by atoms with Crippen molar-refractivity contribution in [1.29, 1.82) is 0 Å². The van der Waals surface area contributed by atoms with E-state index in [4.69, 9.17) is 0 Å². The minimum absolute atomic E-state index is 0.174. The maximum Gasteiger partial charge on any atom is 0.327 e. The highest BCUT2D eigenvalue weighted by atomic mass is 19.2. The first-order chi connectivity index (χ1) is 9.51. The van der Waals surface area contributed by atoms with Gasteiger partial charge < -0.3 is 4.74 Å². The Balaban J connectivity index is 2.19. The van der Waals surface area contributed by atoms with Gasteiger partial charge in [-0.05, 0) is 18.2 Å². The lowest BCUT2D eigenvalue weighted by molar-refractivity contribution is -0.148. The summed E-state index contributed by atoms with van der Waals surface area (Å²) in [5, 5.41) is 1.01. The van der Waals surface area contributed by atoms with Gasteiger partial charge in [0.2, 0.25) is 0 Å². The Morgan fingerprint density at radius 1 is 1.45 bits per heavy atom. The van der Waals surface area contributed by atoms with Gasteiger partial charge in [0.15, 0.2) is 11.6 Å². The molecule has 0 saturated heterocycles. The normalized spacial score (nSPS) is 14.7. The fourth-order valence-electron chi connectivity index (χ4n) is 1.58. The summed E-state index contributed by atoms with van der Waals surface area (Å²) in [6.45, 7) is -0.504. The number of amidine groups is 1. The fraction of sp³-hybridized carbons (Fsp3) is 0.250. The summed E-state index contributed by atoms with van der Waals surface area (Å²) in [6, 6.07) is 3.22. The summed E-state index contributed by atoms with van der Waals surface area (Å²) < 4.78 is 30.5. The Kier molecular flexibility index (Phi) is 3.92. The number of carbonyl (C=O) groups excluding carboxylic acids is 2. The Hall–Kier alpha value is -2.51. The molecule has 6 nitrogen and oxygen atoms in total. The van der Waals surface area contributed by atoms with Gasteiger partial charge in [-0.3, -0.25) is 20.0 Å². The number of nitrogens with one attached hydrogen (secondary N) is 1. The van der Waals surface area contributed by atoms with Crippen molar-refractivity contribution in [2.75, 3.05) is 20.2 Å². The van der Waals surface area contributed by atoms with Gasteiger partial charge in [-0.2, -0.15) is 0 Å². The van der Waals surface area contributed by atoms with Gasteiger partial charge in [-0.25, -0.2) is 13.8 Å². The van der Waals surface area contributed by atoms with Crippen LogP contribution in [0.25, 0.3) is 0 Å². The number of aliphatic imine (C=N–C) groups is 1. The van der Waals surface area contributed by atoms with Crippen LogP contribution in [-0.2, 0) is 14.3 Å². The summed E-state index contributed by atoms with van der Waals surface area (Å²) in [5.41, 5.74) is 2.84. The molecule has 1 N–H and O–H groups in total. The van der Waals surface area contributed by atoms with Crippen LogP contribution in [0.5, 0.6) is 0 Å². The minimum Gasteiger partial charge on any atom is -0.468 e. The van der Waals surface area contributed by atoms with E-state index in [9.17, 15) is 18.4 Å². The van der Waals surface area contributed by atoms with Crippen molar-refractivity contribution in [3.05, 3.63) is 35.4 Å². The molecule has 0 atom stereocenters. The second kappa shape index (κ2) is 5.64. The number of esters is 1. The smallest absolute Gasteiger partial charge is 0.327 e. The molecule has 8 heteroatoms. The number of hydrogen-bond donors (Lipinski definition) is 1. The standard InChI is InChI=1S/C12H11F2N3O3/c1-20-11(19)6-17-10(18)5-15-12(16-17)7-2-3-8(13)9(14)4-7/h2-4H,5-6H2,1H3,(H,15,16). The fourth-order valence-corrected chi connectivity index (χ4v) is 1.58. The molecule has 0 spiro atoms. The Morgan fingerprint density at radius 2 is 2.20 bits per heavy atom. The average Bonchev–Trinajstić information content (AvgIpc) is 2.44. The molecule has 20 heavy (non-hydrogen) atoms. The molecule has 1 aromatic rings. The molecule has 0 saturated carbocycles. The van der Waals surface area contributed by atoms with E-state index in [0.29, 0.717) is 0 Å². The van der Waals surface area contributed by atoms with Crippen molar-refractivity contribution in [2.24, 2.45) is 4.99 Å². The highest BCUT2D eigenvalue weighted by molar-refractivity contribution is 6.03. The first-order valence-corrected chi connectivity index (χ1v) is 5.65. The minimum atomic E-state index is -1.02. The van der Waals surface area contributed by atoms with Gasteiger partial charge in [-0.1, -0.05) is 0 Å². The van der Waals surface area contributed by atoms with Crippen LogP contribution in [0.15, 0.2) is 23.2 Å². The summed E-state index contributed by atoms with van der Waals surface area (Å²) in [4.78, 5) is 26.6. The first kappa shape index (κ1) is 13.9. The molecule has 106 valence electrons. The van der Waals surface area contributed by atoms with E-state index in [2.05, 4.69) is 15.2 Å². The molecule has 1 aromatic carbocycles. The number of nitrogens with zero attached hydrogens (tertiary/aromatic N) is 2. The van der Waals surface area contributed by atoms with Crippen LogP contribution in [0, 0.1) is 11.6 Å². The van der Waals surface area contributed by atoms with Crippen LogP contribution >= 0.6 is 0 Å². The molecule has 1 aliphatic rings. The maximum absolute atomic E-state index is 13.2. The van der Waals surface area contributed by atoms with Crippen molar-refractivity contribution >= 4 is 17.7 Å². The molecule has 0 aliphatic carbocycles. The topological polar surface area (TPSA) is 71.0 Å². The van der Waals surface area contributed by atoms with Crippen molar-refractivity contribution in [1.82, 2.24) is 10.4 Å². The number of benzene rings is 1. The monoisotopic (exact) mass is 283 g/mol. The lowest BCUT2D eigenvalue weighted by Gasteiger charge is -2.27.